The van der Waals surface area contributed by atoms with Crippen molar-refractivity contribution in [3.8, 4) is 11.4 Å². The van der Waals surface area contributed by atoms with E-state index in [9.17, 15) is 14.7 Å². The molecule has 0 bridgehead atoms. The third-order valence-electron chi connectivity index (χ3n) is 6.69. The third-order valence-corrected chi connectivity index (χ3v) is 7.00. The van der Waals surface area contributed by atoms with Crippen LogP contribution in [0.2, 0.25) is 5.15 Å². The summed E-state index contributed by atoms with van der Waals surface area (Å²) in [5, 5.41) is 25.0. The molecule has 2 fully saturated rings. The molecular weight excluding hydrogens is 484 g/mol. The highest BCUT2D eigenvalue weighted by Gasteiger charge is 2.37. The highest BCUT2D eigenvalue weighted by Crippen LogP contribution is 2.36. The Morgan fingerprint density at radius 1 is 1.19 bits per heavy atom. The van der Waals surface area contributed by atoms with Gasteiger partial charge in [0.15, 0.2) is 11.5 Å². The normalized spacial score (nSPS) is 19.9. The number of rotatable bonds is 8. The minimum Gasteiger partial charge on any atom is -0.465 e. The zero-order chi connectivity index (χ0) is 25.4. The van der Waals surface area contributed by atoms with Crippen molar-refractivity contribution in [2.75, 3.05) is 10.2 Å². The Balaban J connectivity index is 1.32. The van der Waals surface area contributed by atoms with Crippen molar-refractivity contribution in [2.45, 2.75) is 50.7 Å². The first kappa shape index (κ1) is 24.1. The summed E-state index contributed by atoms with van der Waals surface area (Å²) in [6, 6.07) is 7.24. The Hall–Kier alpha value is -3.57. The van der Waals surface area contributed by atoms with Crippen LogP contribution in [0.15, 0.2) is 36.7 Å². The van der Waals surface area contributed by atoms with Gasteiger partial charge in [0, 0.05) is 36.8 Å². The Morgan fingerprint density at radius 2 is 1.97 bits per heavy atom. The van der Waals surface area contributed by atoms with Crippen molar-refractivity contribution < 1.29 is 14.7 Å². The molecule has 1 unspecified atom stereocenters. The van der Waals surface area contributed by atoms with Crippen LogP contribution in [0, 0.1) is 5.92 Å². The van der Waals surface area contributed by atoms with E-state index in [1.165, 1.54) is 23.7 Å². The monoisotopic (exact) mass is 510 g/mol. The van der Waals surface area contributed by atoms with Crippen LogP contribution < -0.4 is 15.5 Å². The summed E-state index contributed by atoms with van der Waals surface area (Å²) in [6.45, 7) is 1.71. The van der Waals surface area contributed by atoms with E-state index in [1.54, 1.807) is 44.4 Å². The lowest BCUT2D eigenvalue weighted by atomic mass is 9.79. The van der Waals surface area contributed by atoms with Gasteiger partial charge in [-0.1, -0.05) is 22.9 Å². The second-order valence-electron chi connectivity index (χ2n) is 9.32. The molecule has 3 aromatic heterocycles. The Morgan fingerprint density at radius 3 is 2.61 bits per heavy atom. The number of hydrogen-bond donors (Lipinski definition) is 3. The molecule has 5 rings (SSSR count). The van der Waals surface area contributed by atoms with Gasteiger partial charge in [-0.25, -0.2) is 14.5 Å². The first-order valence-electron chi connectivity index (χ1n) is 11.9. The maximum Gasteiger partial charge on any atom is 0.413 e. The fourth-order valence-electron chi connectivity index (χ4n) is 4.48. The number of hydrogen-bond acceptors (Lipinski definition) is 7. The standard InChI is InChI=1S/C24H27ClN8O3/c1-13(18-4-3-9-26-21(18)25)33(24(35)36)23-20(30-31-32(23)2)19-8-7-16(12-27-19)29-22(34)14-10-17(11-14)28-15-5-6-15/h3-4,7-9,12-15,17,28H,5-6,10-11H2,1-2H3,(H,29,34)(H,35,36). The van der Waals surface area contributed by atoms with Crippen molar-refractivity contribution in [1.29, 1.82) is 0 Å². The molecule has 0 spiro atoms. The van der Waals surface area contributed by atoms with E-state index in [4.69, 9.17) is 11.6 Å². The first-order chi connectivity index (χ1) is 17.3. The Bertz CT molecular complexity index is 1270. The number of halogens is 1. The van der Waals surface area contributed by atoms with Crippen LogP contribution in [0.1, 0.15) is 44.2 Å². The quantitative estimate of drug-likeness (QED) is 0.390. The van der Waals surface area contributed by atoms with Crippen molar-refractivity contribution in [2.24, 2.45) is 13.0 Å². The molecule has 1 atom stereocenters. The summed E-state index contributed by atoms with van der Waals surface area (Å²) < 4.78 is 1.38. The van der Waals surface area contributed by atoms with Crippen LogP contribution in [0.25, 0.3) is 11.4 Å². The van der Waals surface area contributed by atoms with E-state index in [1.807, 2.05) is 0 Å². The minimum atomic E-state index is -1.20. The van der Waals surface area contributed by atoms with Gasteiger partial charge in [-0.05, 0) is 50.8 Å². The topological polar surface area (TPSA) is 138 Å². The summed E-state index contributed by atoms with van der Waals surface area (Å²) in [6.07, 6.45) is 6.05. The number of aromatic nitrogens is 5. The molecule has 3 heterocycles. The van der Waals surface area contributed by atoms with Crippen molar-refractivity contribution in [1.82, 2.24) is 30.3 Å². The number of carboxylic acid groups (broad SMARTS) is 1. The molecule has 2 saturated carbocycles. The van der Waals surface area contributed by atoms with Crippen LogP contribution >= 0.6 is 11.6 Å². The lowest BCUT2D eigenvalue weighted by Crippen LogP contribution is -2.46. The van der Waals surface area contributed by atoms with Gasteiger partial charge in [0.1, 0.15) is 5.15 Å². The second-order valence-corrected chi connectivity index (χ2v) is 9.68. The maximum absolute atomic E-state index is 12.6. The molecule has 0 saturated heterocycles. The summed E-state index contributed by atoms with van der Waals surface area (Å²) >= 11 is 6.24. The average molecular weight is 511 g/mol. The van der Waals surface area contributed by atoms with Crippen LogP contribution in [-0.4, -0.2) is 54.2 Å². The molecule has 11 nitrogen and oxygen atoms in total. The molecule has 0 aromatic carbocycles. The van der Waals surface area contributed by atoms with E-state index in [0.717, 1.165) is 17.7 Å². The maximum atomic E-state index is 12.6. The van der Waals surface area contributed by atoms with Crippen LogP contribution in [0.3, 0.4) is 0 Å². The van der Waals surface area contributed by atoms with Gasteiger partial charge in [0.25, 0.3) is 0 Å². The number of carbonyl (C=O) groups is 2. The molecular formula is C24H27ClN8O3. The number of nitrogens with zero attached hydrogens (tertiary/aromatic N) is 6. The van der Waals surface area contributed by atoms with Gasteiger partial charge in [-0.15, -0.1) is 5.10 Å². The van der Waals surface area contributed by atoms with Crippen molar-refractivity contribution >= 4 is 35.1 Å². The number of amides is 2. The molecule has 2 amide bonds. The number of carbonyl (C=O) groups excluding carboxylic acids is 1. The van der Waals surface area contributed by atoms with E-state index >= 15 is 0 Å². The molecule has 188 valence electrons. The number of aryl methyl sites for hydroxylation is 1. The SMILES string of the molecule is CC(c1cccnc1Cl)N(C(=O)O)c1c(-c2ccc(NC(=O)C3CC(NC4CC4)C3)cn2)nnn1C. The number of anilines is 2. The van der Waals surface area contributed by atoms with Crippen LogP contribution in [0.4, 0.5) is 16.3 Å². The van der Waals surface area contributed by atoms with Gasteiger partial charge in [-0.3, -0.25) is 14.7 Å². The fourth-order valence-corrected chi connectivity index (χ4v) is 4.76. The zero-order valence-corrected chi connectivity index (χ0v) is 20.7. The zero-order valence-electron chi connectivity index (χ0n) is 19.9. The molecule has 3 aromatic rings. The molecule has 0 radical (unpaired) electrons. The van der Waals surface area contributed by atoms with E-state index in [-0.39, 0.29) is 28.5 Å². The summed E-state index contributed by atoms with van der Waals surface area (Å²) in [5.74, 6) is 0.220. The summed E-state index contributed by atoms with van der Waals surface area (Å²) in [7, 11) is 1.61. The van der Waals surface area contributed by atoms with Gasteiger partial charge in [0.05, 0.1) is 23.6 Å². The molecule has 2 aliphatic rings. The second kappa shape index (κ2) is 9.82. The summed E-state index contributed by atoms with van der Waals surface area (Å²) in [4.78, 5) is 34.5. The van der Waals surface area contributed by atoms with E-state index in [2.05, 4.69) is 30.9 Å². The summed E-state index contributed by atoms with van der Waals surface area (Å²) in [5.41, 5.74) is 1.82. The average Bonchev–Trinajstić information content (AvgIpc) is 3.58. The van der Waals surface area contributed by atoms with Gasteiger partial charge < -0.3 is 15.7 Å². The molecule has 36 heavy (non-hydrogen) atoms. The van der Waals surface area contributed by atoms with Crippen molar-refractivity contribution in [3.63, 3.8) is 0 Å². The van der Waals surface area contributed by atoms with E-state index < -0.39 is 12.1 Å². The van der Waals surface area contributed by atoms with Gasteiger partial charge >= 0.3 is 6.09 Å². The third kappa shape index (κ3) is 4.89. The smallest absolute Gasteiger partial charge is 0.413 e. The fraction of sp³-hybridized carbons (Fsp3) is 0.417. The van der Waals surface area contributed by atoms with Crippen molar-refractivity contribution in [3.05, 3.63) is 47.4 Å². The molecule has 3 N–H and O–H groups in total. The Kier molecular flexibility index (Phi) is 6.59. The minimum absolute atomic E-state index is 0.00238. The van der Waals surface area contributed by atoms with Gasteiger partial charge in [-0.2, -0.15) is 0 Å². The first-order valence-corrected chi connectivity index (χ1v) is 12.2. The van der Waals surface area contributed by atoms with Crippen LogP contribution in [0.5, 0.6) is 0 Å². The van der Waals surface area contributed by atoms with E-state index in [0.29, 0.717) is 29.0 Å². The molecule has 12 heteroatoms. The predicted octanol–water partition coefficient (Wildman–Crippen LogP) is 3.64. The number of pyridine rings is 2. The highest BCUT2D eigenvalue weighted by molar-refractivity contribution is 6.30. The largest absolute Gasteiger partial charge is 0.465 e. The predicted molar refractivity (Wildman–Crippen MR) is 134 cm³/mol. The Labute approximate surface area is 212 Å². The van der Waals surface area contributed by atoms with Crippen LogP contribution in [-0.2, 0) is 11.8 Å². The molecule has 2 aliphatic carbocycles. The molecule has 0 aliphatic heterocycles. The van der Waals surface area contributed by atoms with Gasteiger partial charge in [0.2, 0.25) is 5.91 Å². The number of nitrogens with one attached hydrogen (secondary N) is 2. The lowest BCUT2D eigenvalue weighted by Gasteiger charge is -2.35. The lowest BCUT2D eigenvalue weighted by molar-refractivity contribution is -0.122. The highest BCUT2D eigenvalue weighted by atomic mass is 35.5.